The molecule has 0 saturated carbocycles. The van der Waals surface area contributed by atoms with Crippen molar-refractivity contribution in [3.05, 3.63) is 68.9 Å². The minimum Gasteiger partial charge on any atom is -0.207 e. The van der Waals surface area contributed by atoms with Gasteiger partial charge in [-0.3, -0.25) is 0 Å². The molecule has 0 saturated heterocycles. The van der Waals surface area contributed by atoms with Crippen molar-refractivity contribution in [3.63, 3.8) is 0 Å². The van der Waals surface area contributed by atoms with Crippen LogP contribution in [0.25, 0.3) is 0 Å². The molecule has 0 aliphatic rings. The van der Waals surface area contributed by atoms with E-state index in [1.807, 2.05) is 19.1 Å². The Bertz CT molecular complexity index is 603. The topological polar surface area (TPSA) is 0 Å². The van der Waals surface area contributed by atoms with Gasteiger partial charge in [0.1, 0.15) is 17.5 Å². The molecule has 0 aliphatic carbocycles. The second kappa shape index (κ2) is 5.67. The summed E-state index contributed by atoms with van der Waals surface area (Å²) in [6.07, 6.45) is 0. The van der Waals surface area contributed by atoms with Gasteiger partial charge in [0.25, 0.3) is 0 Å². The Balaban J connectivity index is 2.56. The van der Waals surface area contributed by atoms with Crippen LogP contribution in [0.4, 0.5) is 13.2 Å². The lowest BCUT2D eigenvalue weighted by Gasteiger charge is -2.15. The van der Waals surface area contributed by atoms with Crippen LogP contribution in [-0.4, -0.2) is 0 Å². The fourth-order valence-corrected chi connectivity index (χ4v) is 3.41. The van der Waals surface area contributed by atoms with Gasteiger partial charge >= 0.3 is 0 Å². The zero-order chi connectivity index (χ0) is 14.2. The number of hydrogen-bond acceptors (Lipinski definition) is 0. The Morgan fingerprint density at radius 1 is 1.00 bits per heavy atom. The normalized spacial score (nSPS) is 12.5. The van der Waals surface area contributed by atoms with Gasteiger partial charge in [-0.25, -0.2) is 13.2 Å². The molecule has 100 valence electrons. The summed E-state index contributed by atoms with van der Waals surface area (Å²) in [4.78, 5) is -0.692. The van der Waals surface area contributed by atoms with Crippen LogP contribution in [0.3, 0.4) is 0 Å². The summed E-state index contributed by atoms with van der Waals surface area (Å²) >= 11 is 6.62. The fraction of sp³-hybridized carbons (Fsp3) is 0.143. The number of halogens is 5. The monoisotopic (exact) mass is 392 g/mol. The smallest absolute Gasteiger partial charge is 0.133 e. The summed E-state index contributed by atoms with van der Waals surface area (Å²) in [5, 5.41) is 0. The molecule has 0 bridgehead atoms. The van der Waals surface area contributed by atoms with Crippen molar-refractivity contribution in [2.24, 2.45) is 0 Å². The molecule has 0 fully saturated rings. The first-order chi connectivity index (χ1) is 8.90. The minimum absolute atomic E-state index is 0.201. The Hall–Kier alpha value is -0.810. The van der Waals surface area contributed by atoms with E-state index in [-0.39, 0.29) is 5.56 Å². The Kier molecular flexibility index (Phi) is 4.36. The van der Waals surface area contributed by atoms with Gasteiger partial charge in [-0.05, 0) is 18.6 Å². The van der Waals surface area contributed by atoms with Crippen molar-refractivity contribution in [2.75, 3.05) is 0 Å². The average molecular weight is 394 g/mol. The third-order valence-corrected chi connectivity index (χ3v) is 4.40. The lowest BCUT2D eigenvalue weighted by molar-refractivity contribution is 0.527. The summed E-state index contributed by atoms with van der Waals surface area (Å²) in [7, 11) is 0. The van der Waals surface area contributed by atoms with Gasteiger partial charge in [0.2, 0.25) is 0 Å². The van der Waals surface area contributed by atoms with E-state index in [0.717, 1.165) is 10.0 Å². The fourth-order valence-electron chi connectivity index (χ4n) is 1.81. The molecule has 0 N–H and O–H groups in total. The maximum Gasteiger partial charge on any atom is 0.133 e. The third-order valence-electron chi connectivity index (χ3n) is 2.72. The van der Waals surface area contributed by atoms with Crippen LogP contribution >= 0.6 is 31.9 Å². The number of aryl methyl sites for hydroxylation is 1. The molecular weight excluding hydrogens is 385 g/mol. The molecule has 0 nitrogen and oxygen atoms in total. The van der Waals surface area contributed by atoms with Gasteiger partial charge in [-0.15, -0.1) is 0 Å². The lowest BCUT2D eigenvalue weighted by Crippen LogP contribution is -2.03. The van der Waals surface area contributed by atoms with Crippen LogP contribution in [0.1, 0.15) is 21.5 Å². The van der Waals surface area contributed by atoms with E-state index >= 15 is 0 Å². The highest BCUT2D eigenvalue weighted by molar-refractivity contribution is 9.11. The summed E-state index contributed by atoms with van der Waals surface area (Å²) in [6.45, 7) is 1.88. The predicted molar refractivity (Wildman–Crippen MR) is 76.0 cm³/mol. The maximum absolute atomic E-state index is 13.8. The molecule has 2 aromatic carbocycles. The molecule has 0 aromatic heterocycles. The van der Waals surface area contributed by atoms with Crippen LogP contribution in [-0.2, 0) is 0 Å². The number of rotatable bonds is 2. The van der Waals surface area contributed by atoms with Crippen LogP contribution in [0, 0.1) is 24.4 Å². The van der Waals surface area contributed by atoms with Gasteiger partial charge in [0, 0.05) is 22.2 Å². The summed E-state index contributed by atoms with van der Waals surface area (Å²) < 4.78 is 41.1. The molecule has 2 rings (SSSR count). The SMILES string of the molecule is Cc1ccc(Br)c(C(Br)c2c(F)cc(F)cc2F)c1. The number of alkyl halides is 1. The van der Waals surface area contributed by atoms with Crippen molar-refractivity contribution < 1.29 is 13.2 Å². The standard InChI is InChI=1S/C14H9Br2F3/c1-7-2-3-10(15)9(4-7)14(16)13-11(18)5-8(17)6-12(13)19/h2-6,14H,1H3. The summed E-state index contributed by atoms with van der Waals surface area (Å²) in [5.74, 6) is -2.75. The van der Waals surface area contributed by atoms with Gasteiger partial charge in [0.15, 0.2) is 0 Å². The highest BCUT2D eigenvalue weighted by Crippen LogP contribution is 2.38. The molecular formula is C14H9Br2F3. The predicted octanol–water partition coefficient (Wildman–Crippen LogP) is 5.66. The first-order valence-electron chi connectivity index (χ1n) is 5.44. The van der Waals surface area contributed by atoms with Crippen LogP contribution in [0.2, 0.25) is 0 Å². The molecule has 0 amide bonds. The van der Waals surface area contributed by atoms with Crippen molar-refractivity contribution >= 4 is 31.9 Å². The van der Waals surface area contributed by atoms with E-state index in [4.69, 9.17) is 0 Å². The molecule has 5 heteroatoms. The molecule has 0 aliphatic heterocycles. The van der Waals surface area contributed by atoms with Crippen molar-refractivity contribution in [1.29, 1.82) is 0 Å². The average Bonchev–Trinajstić information content (AvgIpc) is 2.30. The molecule has 19 heavy (non-hydrogen) atoms. The summed E-state index contributed by atoms with van der Waals surface area (Å²) in [6, 6.07) is 6.85. The van der Waals surface area contributed by atoms with E-state index in [2.05, 4.69) is 31.9 Å². The zero-order valence-corrected chi connectivity index (χ0v) is 13.0. The van der Waals surface area contributed by atoms with Crippen molar-refractivity contribution in [1.82, 2.24) is 0 Å². The third kappa shape index (κ3) is 3.03. The van der Waals surface area contributed by atoms with Crippen molar-refractivity contribution in [2.45, 2.75) is 11.8 Å². The molecule has 1 atom stereocenters. The Labute approximate surface area is 125 Å². The van der Waals surface area contributed by atoms with E-state index in [0.29, 0.717) is 17.7 Å². The Morgan fingerprint density at radius 2 is 1.58 bits per heavy atom. The van der Waals surface area contributed by atoms with E-state index in [1.165, 1.54) is 0 Å². The van der Waals surface area contributed by atoms with E-state index in [9.17, 15) is 13.2 Å². The van der Waals surface area contributed by atoms with Crippen LogP contribution in [0.5, 0.6) is 0 Å². The zero-order valence-electron chi connectivity index (χ0n) is 9.85. The van der Waals surface area contributed by atoms with Gasteiger partial charge < -0.3 is 0 Å². The largest absolute Gasteiger partial charge is 0.207 e. The van der Waals surface area contributed by atoms with E-state index < -0.39 is 22.3 Å². The highest BCUT2D eigenvalue weighted by Gasteiger charge is 2.22. The second-order valence-electron chi connectivity index (χ2n) is 4.17. The van der Waals surface area contributed by atoms with Gasteiger partial charge in [-0.1, -0.05) is 49.6 Å². The first-order valence-corrected chi connectivity index (χ1v) is 7.15. The minimum atomic E-state index is -0.929. The second-order valence-corrected chi connectivity index (χ2v) is 5.94. The molecule has 0 heterocycles. The van der Waals surface area contributed by atoms with Crippen LogP contribution < -0.4 is 0 Å². The van der Waals surface area contributed by atoms with Crippen LogP contribution in [0.15, 0.2) is 34.8 Å². The lowest BCUT2D eigenvalue weighted by atomic mass is 10.0. The van der Waals surface area contributed by atoms with E-state index in [1.54, 1.807) is 6.07 Å². The Morgan fingerprint density at radius 3 is 2.16 bits per heavy atom. The number of hydrogen-bond donors (Lipinski definition) is 0. The maximum atomic E-state index is 13.8. The number of benzene rings is 2. The van der Waals surface area contributed by atoms with Crippen molar-refractivity contribution in [3.8, 4) is 0 Å². The molecule has 0 spiro atoms. The molecule has 1 unspecified atom stereocenters. The highest BCUT2D eigenvalue weighted by atomic mass is 79.9. The summed E-state index contributed by atoms with van der Waals surface area (Å²) in [5.41, 5.74) is 1.45. The molecule has 0 radical (unpaired) electrons. The van der Waals surface area contributed by atoms with Gasteiger partial charge in [0.05, 0.1) is 4.83 Å². The van der Waals surface area contributed by atoms with Gasteiger partial charge in [-0.2, -0.15) is 0 Å². The molecule has 2 aromatic rings. The quantitative estimate of drug-likeness (QED) is 0.577. The first kappa shape index (κ1) is 14.6.